The normalized spacial score (nSPS) is 15.1. The van der Waals surface area contributed by atoms with E-state index in [4.69, 9.17) is 4.74 Å². The quantitative estimate of drug-likeness (QED) is 0.817. The van der Waals surface area contributed by atoms with Crippen LogP contribution >= 0.6 is 15.9 Å². The molecule has 2 atom stereocenters. The van der Waals surface area contributed by atoms with Crippen LogP contribution in [0.25, 0.3) is 0 Å². The standard InChI is InChI=1S/C16H27BrN2O/c1-6-19-14(15(20-7-2)16(3,4)5)9-12-8-13(17)11-18-10-12/h8,10-11,14-15,19H,6-7,9H2,1-5H3. The minimum Gasteiger partial charge on any atom is -0.376 e. The Hall–Kier alpha value is -0.450. The van der Waals surface area contributed by atoms with Crippen molar-refractivity contribution in [2.45, 2.75) is 53.2 Å². The lowest BCUT2D eigenvalue weighted by molar-refractivity contribution is -0.0352. The minimum absolute atomic E-state index is 0.0995. The third-order valence-electron chi connectivity index (χ3n) is 3.25. The van der Waals surface area contributed by atoms with Crippen LogP contribution in [0.3, 0.4) is 0 Å². The molecule has 20 heavy (non-hydrogen) atoms. The van der Waals surface area contributed by atoms with E-state index in [1.54, 1.807) is 0 Å². The molecule has 1 N–H and O–H groups in total. The van der Waals surface area contributed by atoms with E-state index < -0.39 is 0 Å². The van der Waals surface area contributed by atoms with Crippen LogP contribution in [0.5, 0.6) is 0 Å². The zero-order valence-electron chi connectivity index (χ0n) is 13.2. The summed E-state index contributed by atoms with van der Waals surface area (Å²) >= 11 is 3.48. The SMILES string of the molecule is CCNC(Cc1cncc(Br)c1)C(OCC)C(C)(C)C. The van der Waals surface area contributed by atoms with E-state index in [2.05, 4.69) is 66.9 Å². The lowest BCUT2D eigenvalue weighted by Gasteiger charge is -2.37. The number of ether oxygens (including phenoxy) is 1. The molecule has 0 aromatic carbocycles. The van der Waals surface area contributed by atoms with E-state index in [-0.39, 0.29) is 17.6 Å². The molecule has 0 saturated heterocycles. The fourth-order valence-corrected chi connectivity index (χ4v) is 2.93. The second kappa shape index (κ2) is 8.11. The molecular weight excluding hydrogens is 316 g/mol. The van der Waals surface area contributed by atoms with Crippen LogP contribution < -0.4 is 5.32 Å². The first-order valence-electron chi connectivity index (χ1n) is 7.32. The van der Waals surface area contributed by atoms with Crippen LogP contribution in [0.4, 0.5) is 0 Å². The minimum atomic E-state index is 0.0995. The van der Waals surface area contributed by atoms with Crippen molar-refractivity contribution in [3.8, 4) is 0 Å². The van der Waals surface area contributed by atoms with E-state index in [0.29, 0.717) is 0 Å². The second-order valence-electron chi connectivity index (χ2n) is 6.12. The number of aromatic nitrogens is 1. The molecule has 1 aromatic rings. The highest BCUT2D eigenvalue weighted by Gasteiger charge is 2.32. The summed E-state index contributed by atoms with van der Waals surface area (Å²) in [5, 5.41) is 3.57. The number of hydrogen-bond donors (Lipinski definition) is 1. The number of nitrogens with one attached hydrogen (secondary N) is 1. The van der Waals surface area contributed by atoms with Crippen molar-refractivity contribution in [2.75, 3.05) is 13.2 Å². The summed E-state index contributed by atoms with van der Waals surface area (Å²) in [5.74, 6) is 0. The average Bonchev–Trinajstić information content (AvgIpc) is 2.34. The van der Waals surface area contributed by atoms with E-state index in [1.165, 1.54) is 5.56 Å². The molecule has 0 radical (unpaired) electrons. The highest BCUT2D eigenvalue weighted by atomic mass is 79.9. The first-order chi connectivity index (χ1) is 9.38. The second-order valence-corrected chi connectivity index (χ2v) is 7.04. The molecule has 0 bridgehead atoms. The highest BCUT2D eigenvalue weighted by Crippen LogP contribution is 2.27. The van der Waals surface area contributed by atoms with Crippen molar-refractivity contribution >= 4 is 15.9 Å². The molecule has 0 fully saturated rings. The smallest absolute Gasteiger partial charge is 0.0779 e. The van der Waals surface area contributed by atoms with Crippen LogP contribution in [0.1, 0.15) is 40.2 Å². The molecular formula is C16H27BrN2O. The molecule has 1 heterocycles. The van der Waals surface area contributed by atoms with Crippen LogP contribution in [0.15, 0.2) is 22.9 Å². The van der Waals surface area contributed by atoms with E-state index in [0.717, 1.165) is 24.0 Å². The lowest BCUT2D eigenvalue weighted by Crippen LogP contribution is -2.49. The Balaban J connectivity index is 2.90. The van der Waals surface area contributed by atoms with Crippen molar-refractivity contribution in [1.82, 2.24) is 10.3 Å². The molecule has 1 aromatic heterocycles. The topological polar surface area (TPSA) is 34.2 Å². The zero-order chi connectivity index (χ0) is 15.2. The van der Waals surface area contributed by atoms with Gasteiger partial charge in [0.15, 0.2) is 0 Å². The van der Waals surface area contributed by atoms with E-state index >= 15 is 0 Å². The summed E-state index contributed by atoms with van der Waals surface area (Å²) in [6, 6.07) is 2.42. The van der Waals surface area contributed by atoms with Crippen LogP contribution in [0.2, 0.25) is 0 Å². The van der Waals surface area contributed by atoms with Crippen LogP contribution in [0, 0.1) is 5.41 Å². The Kier molecular flexibility index (Phi) is 7.13. The number of likely N-dealkylation sites (N-methyl/N-ethyl adjacent to an activating group) is 1. The Morgan fingerprint density at radius 1 is 1.30 bits per heavy atom. The predicted octanol–water partition coefficient (Wildman–Crippen LogP) is 3.82. The number of nitrogens with zero attached hydrogens (tertiary/aromatic N) is 1. The van der Waals surface area contributed by atoms with Crippen LogP contribution in [-0.2, 0) is 11.2 Å². The molecule has 0 aliphatic carbocycles. The van der Waals surface area contributed by atoms with Crippen molar-refractivity contribution in [2.24, 2.45) is 5.41 Å². The molecule has 3 nitrogen and oxygen atoms in total. The Morgan fingerprint density at radius 2 is 2.00 bits per heavy atom. The van der Waals surface area contributed by atoms with Crippen molar-refractivity contribution in [3.63, 3.8) is 0 Å². The average molecular weight is 343 g/mol. The van der Waals surface area contributed by atoms with Gasteiger partial charge in [-0.1, -0.05) is 27.7 Å². The number of halogens is 1. The summed E-state index contributed by atoms with van der Waals surface area (Å²) in [5.41, 5.74) is 1.32. The van der Waals surface area contributed by atoms with Gasteiger partial charge in [0, 0.05) is 29.5 Å². The Labute approximate surface area is 131 Å². The van der Waals surface area contributed by atoms with Crippen molar-refractivity contribution in [3.05, 3.63) is 28.5 Å². The molecule has 0 amide bonds. The van der Waals surface area contributed by atoms with Gasteiger partial charge in [0.1, 0.15) is 0 Å². The lowest BCUT2D eigenvalue weighted by atomic mass is 9.82. The van der Waals surface area contributed by atoms with Gasteiger partial charge in [-0.25, -0.2) is 0 Å². The molecule has 4 heteroatoms. The first kappa shape index (κ1) is 17.6. The van der Waals surface area contributed by atoms with Gasteiger partial charge >= 0.3 is 0 Å². The maximum absolute atomic E-state index is 6.03. The van der Waals surface area contributed by atoms with E-state index in [1.807, 2.05) is 12.4 Å². The van der Waals surface area contributed by atoms with E-state index in [9.17, 15) is 0 Å². The van der Waals surface area contributed by atoms with Gasteiger partial charge in [0.05, 0.1) is 6.10 Å². The zero-order valence-corrected chi connectivity index (χ0v) is 14.8. The molecule has 2 unspecified atom stereocenters. The fraction of sp³-hybridized carbons (Fsp3) is 0.688. The van der Waals surface area contributed by atoms with Gasteiger partial charge in [0.2, 0.25) is 0 Å². The number of rotatable bonds is 7. The number of hydrogen-bond acceptors (Lipinski definition) is 3. The largest absolute Gasteiger partial charge is 0.376 e. The van der Waals surface area contributed by atoms with Gasteiger partial charge in [-0.15, -0.1) is 0 Å². The van der Waals surface area contributed by atoms with Crippen LogP contribution in [-0.4, -0.2) is 30.3 Å². The number of pyridine rings is 1. The van der Waals surface area contributed by atoms with Gasteiger partial charge in [0.25, 0.3) is 0 Å². The summed E-state index contributed by atoms with van der Waals surface area (Å²) in [7, 11) is 0. The maximum atomic E-state index is 6.03. The molecule has 114 valence electrons. The monoisotopic (exact) mass is 342 g/mol. The first-order valence-corrected chi connectivity index (χ1v) is 8.12. The Bertz CT molecular complexity index is 404. The highest BCUT2D eigenvalue weighted by molar-refractivity contribution is 9.10. The molecule has 0 saturated carbocycles. The van der Waals surface area contributed by atoms with Gasteiger partial charge in [-0.05, 0) is 52.9 Å². The summed E-state index contributed by atoms with van der Waals surface area (Å²) in [4.78, 5) is 4.25. The third-order valence-corrected chi connectivity index (χ3v) is 3.68. The summed E-state index contributed by atoms with van der Waals surface area (Å²) in [6.07, 6.45) is 4.84. The molecule has 0 aliphatic heterocycles. The van der Waals surface area contributed by atoms with Crippen molar-refractivity contribution < 1.29 is 4.74 Å². The molecule has 0 aliphatic rings. The maximum Gasteiger partial charge on any atom is 0.0779 e. The molecule has 1 rings (SSSR count). The summed E-state index contributed by atoms with van der Waals surface area (Å²) in [6.45, 7) is 12.6. The predicted molar refractivity (Wildman–Crippen MR) is 88.0 cm³/mol. The van der Waals surface area contributed by atoms with Crippen molar-refractivity contribution in [1.29, 1.82) is 0 Å². The Morgan fingerprint density at radius 3 is 2.50 bits per heavy atom. The third kappa shape index (κ3) is 5.51. The van der Waals surface area contributed by atoms with Gasteiger partial charge in [-0.2, -0.15) is 0 Å². The molecule has 0 spiro atoms. The summed E-state index contributed by atoms with van der Waals surface area (Å²) < 4.78 is 7.05. The fourth-order valence-electron chi connectivity index (χ4n) is 2.52. The van der Waals surface area contributed by atoms with Gasteiger partial charge < -0.3 is 10.1 Å². The van der Waals surface area contributed by atoms with Gasteiger partial charge in [-0.3, -0.25) is 4.98 Å².